The third-order valence-corrected chi connectivity index (χ3v) is 7.86. The van der Waals surface area contributed by atoms with Crippen LogP contribution in [-0.2, 0) is 23.8 Å². The lowest BCUT2D eigenvalue weighted by molar-refractivity contribution is -0.136. The Morgan fingerprint density at radius 2 is 2.04 bits per heavy atom. The van der Waals surface area contributed by atoms with E-state index in [1.807, 2.05) is 6.08 Å². The van der Waals surface area contributed by atoms with Gasteiger partial charge in [0.1, 0.15) is 18.3 Å². The topological polar surface area (TPSA) is 99.9 Å². The lowest BCUT2D eigenvalue weighted by atomic mass is 9.48. The van der Waals surface area contributed by atoms with Gasteiger partial charge in [-0.15, -0.1) is 0 Å². The molecular formula is C20H26O6. The summed E-state index contributed by atoms with van der Waals surface area (Å²) in [4.78, 5) is 25.3. The van der Waals surface area contributed by atoms with Crippen molar-refractivity contribution in [3.05, 3.63) is 22.8 Å². The monoisotopic (exact) mass is 362 g/mol. The molecule has 0 radical (unpaired) electrons. The first-order valence-corrected chi connectivity index (χ1v) is 9.38. The zero-order valence-corrected chi connectivity index (χ0v) is 15.3. The molecule has 6 rings (SSSR count). The van der Waals surface area contributed by atoms with Crippen molar-refractivity contribution < 1.29 is 30.7 Å². The fourth-order valence-corrected chi connectivity index (χ4v) is 6.53. The summed E-state index contributed by atoms with van der Waals surface area (Å²) in [5.41, 5.74) is 1.35. The van der Waals surface area contributed by atoms with Crippen molar-refractivity contribution in [3.63, 3.8) is 0 Å². The summed E-state index contributed by atoms with van der Waals surface area (Å²) < 4.78 is 17.8. The number of ketones is 1. The smallest absolute Gasteiger partial charge is 0.334 e. The van der Waals surface area contributed by atoms with E-state index >= 15 is 0 Å². The SMILES string of the molecule is CC(C)C1=C[C@@H]2O[C@@]23[C@@]2(C)CCC4=C(COC4=O)C2C[C@@H]2O[C@@]23C1=O.O.[HH]. The van der Waals surface area contributed by atoms with E-state index < -0.39 is 11.2 Å². The number of hydrogen-bond acceptors (Lipinski definition) is 5. The van der Waals surface area contributed by atoms with Crippen molar-refractivity contribution in [3.8, 4) is 0 Å². The van der Waals surface area contributed by atoms with Crippen LogP contribution in [0.15, 0.2) is 22.8 Å². The number of cyclic esters (lactones) is 1. The molecule has 2 saturated heterocycles. The average molecular weight is 362 g/mol. The molecule has 0 aromatic heterocycles. The van der Waals surface area contributed by atoms with Gasteiger partial charge in [0, 0.05) is 12.4 Å². The summed E-state index contributed by atoms with van der Waals surface area (Å²) in [5.74, 6) is 0.369. The van der Waals surface area contributed by atoms with E-state index in [4.69, 9.17) is 14.2 Å². The molecule has 1 saturated carbocycles. The number of esters is 1. The average Bonchev–Trinajstić information content (AvgIpc) is 3.44. The summed E-state index contributed by atoms with van der Waals surface area (Å²) in [6.07, 6.45) is 4.27. The largest absolute Gasteiger partial charge is 0.458 e. The highest BCUT2D eigenvalue weighted by molar-refractivity contribution is 6.08. The van der Waals surface area contributed by atoms with Crippen molar-refractivity contribution in [2.75, 3.05) is 6.61 Å². The molecule has 142 valence electrons. The van der Waals surface area contributed by atoms with Crippen molar-refractivity contribution in [1.82, 2.24) is 0 Å². The lowest BCUT2D eigenvalue weighted by Gasteiger charge is -2.51. The van der Waals surface area contributed by atoms with Crippen LogP contribution in [0.3, 0.4) is 0 Å². The highest BCUT2D eigenvalue weighted by Crippen LogP contribution is 2.77. The van der Waals surface area contributed by atoms with Crippen molar-refractivity contribution in [1.29, 1.82) is 0 Å². The van der Waals surface area contributed by atoms with Gasteiger partial charge >= 0.3 is 5.97 Å². The van der Waals surface area contributed by atoms with E-state index in [1.54, 1.807) is 0 Å². The molecule has 3 fully saturated rings. The normalized spacial score (nSPS) is 49.8. The molecule has 2 spiro atoms. The van der Waals surface area contributed by atoms with Gasteiger partial charge in [-0.1, -0.05) is 20.8 Å². The highest BCUT2D eigenvalue weighted by Gasteiger charge is 2.92. The number of rotatable bonds is 1. The number of hydrogen-bond donors (Lipinski definition) is 0. The van der Waals surface area contributed by atoms with Gasteiger partial charge in [-0.2, -0.15) is 0 Å². The van der Waals surface area contributed by atoms with E-state index in [-0.39, 0.29) is 48.1 Å². The number of carbonyl (C=O) groups excluding carboxylic acids is 2. The third-order valence-electron chi connectivity index (χ3n) is 7.86. The van der Waals surface area contributed by atoms with Gasteiger partial charge in [0.05, 0.1) is 6.10 Å². The minimum Gasteiger partial charge on any atom is -0.458 e. The number of epoxide rings is 2. The number of carbonyl (C=O) groups is 2. The van der Waals surface area contributed by atoms with Gasteiger partial charge in [-0.25, -0.2) is 4.79 Å². The Morgan fingerprint density at radius 3 is 2.77 bits per heavy atom. The molecule has 6 aliphatic rings. The van der Waals surface area contributed by atoms with E-state index in [1.165, 1.54) is 0 Å². The van der Waals surface area contributed by atoms with Crippen LogP contribution in [0.25, 0.3) is 0 Å². The minimum absolute atomic E-state index is 0. The van der Waals surface area contributed by atoms with Crippen LogP contribution >= 0.6 is 0 Å². The molecule has 1 unspecified atom stereocenters. The number of ether oxygens (including phenoxy) is 3. The van der Waals surface area contributed by atoms with Crippen LogP contribution in [0.1, 0.15) is 41.5 Å². The van der Waals surface area contributed by atoms with Crippen molar-refractivity contribution in [2.24, 2.45) is 17.3 Å². The maximum atomic E-state index is 13.3. The first kappa shape index (κ1) is 16.7. The molecule has 6 nitrogen and oxygen atoms in total. The van der Waals surface area contributed by atoms with Gasteiger partial charge in [-0.3, -0.25) is 4.79 Å². The van der Waals surface area contributed by atoms with E-state index in [0.29, 0.717) is 13.0 Å². The first-order valence-electron chi connectivity index (χ1n) is 9.38. The quantitative estimate of drug-likeness (QED) is 0.520. The molecule has 3 aliphatic heterocycles. The second-order valence-electron chi connectivity index (χ2n) is 9.01. The molecule has 6 atom stereocenters. The zero-order chi connectivity index (χ0) is 17.4. The van der Waals surface area contributed by atoms with Crippen molar-refractivity contribution in [2.45, 2.75) is 63.4 Å². The third kappa shape index (κ3) is 1.42. The van der Waals surface area contributed by atoms with Crippen LogP contribution in [-0.4, -0.2) is 47.2 Å². The standard InChI is InChI=1S/C20H22O5.H2O.H2/c1-9(2)11-6-15-20(25-15)18(3)5-4-10-12(8-23-17(10)22)13(18)7-14-19(20,24-14)16(11)21;;/h6,9,13-15H,4-5,7-8H2,1-3H3;1H2;1H/t13?,14-,15-,18-,19+,20+;;/m0../s1. The number of Topliss-reactive ketones (excluding diaryl/α,β-unsaturated/α-hetero) is 1. The summed E-state index contributed by atoms with van der Waals surface area (Å²) in [6.45, 7) is 6.75. The van der Waals surface area contributed by atoms with E-state index in [2.05, 4.69) is 20.8 Å². The first-order chi connectivity index (χ1) is 11.9. The molecule has 0 aromatic carbocycles. The second kappa shape index (κ2) is 4.49. The second-order valence-corrected chi connectivity index (χ2v) is 9.01. The van der Waals surface area contributed by atoms with Crippen LogP contribution in [0.5, 0.6) is 0 Å². The Morgan fingerprint density at radius 1 is 1.27 bits per heavy atom. The molecule has 3 aliphatic carbocycles. The lowest BCUT2D eigenvalue weighted by Crippen LogP contribution is -2.63. The zero-order valence-electron chi connectivity index (χ0n) is 15.3. The van der Waals surface area contributed by atoms with Crippen LogP contribution in [0.2, 0.25) is 0 Å². The summed E-state index contributed by atoms with van der Waals surface area (Å²) in [6, 6.07) is 0. The van der Waals surface area contributed by atoms with Crippen molar-refractivity contribution >= 4 is 11.8 Å². The molecule has 0 aromatic rings. The Hall–Kier alpha value is -1.50. The minimum atomic E-state index is -0.779. The van der Waals surface area contributed by atoms with Crippen LogP contribution in [0, 0.1) is 17.3 Å². The molecule has 2 N–H and O–H groups in total. The van der Waals surface area contributed by atoms with Gasteiger partial charge < -0.3 is 19.7 Å². The maximum Gasteiger partial charge on any atom is 0.334 e. The summed E-state index contributed by atoms with van der Waals surface area (Å²) in [7, 11) is 0. The van der Waals surface area contributed by atoms with E-state index in [9.17, 15) is 9.59 Å². The number of fused-ring (bicyclic) bond motifs is 2. The molecule has 0 amide bonds. The Labute approximate surface area is 153 Å². The Bertz CT molecular complexity index is 830. The molecule has 3 heterocycles. The van der Waals surface area contributed by atoms with Crippen LogP contribution in [0.4, 0.5) is 0 Å². The Kier molecular flexibility index (Phi) is 2.87. The maximum absolute atomic E-state index is 13.3. The fourth-order valence-electron chi connectivity index (χ4n) is 6.53. The van der Waals surface area contributed by atoms with Gasteiger partial charge in [0.2, 0.25) is 0 Å². The summed E-state index contributed by atoms with van der Waals surface area (Å²) >= 11 is 0. The predicted molar refractivity (Wildman–Crippen MR) is 92.3 cm³/mol. The molecule has 0 bridgehead atoms. The van der Waals surface area contributed by atoms with Gasteiger partial charge in [0.15, 0.2) is 11.4 Å². The van der Waals surface area contributed by atoms with E-state index in [0.717, 1.165) is 29.6 Å². The molecule has 6 heteroatoms. The van der Waals surface area contributed by atoms with Gasteiger partial charge in [0.25, 0.3) is 0 Å². The fraction of sp³-hybridized carbons (Fsp3) is 0.700. The molecular weight excluding hydrogens is 336 g/mol. The molecule has 26 heavy (non-hydrogen) atoms. The predicted octanol–water partition coefficient (Wildman–Crippen LogP) is 1.52. The summed E-state index contributed by atoms with van der Waals surface area (Å²) in [5, 5.41) is 0. The Balaban J connectivity index is 0.000000900. The van der Waals surface area contributed by atoms with Gasteiger partial charge in [-0.05, 0) is 48.3 Å². The highest BCUT2D eigenvalue weighted by atomic mass is 16.7. The van der Waals surface area contributed by atoms with Crippen LogP contribution < -0.4 is 0 Å².